The Bertz CT molecular complexity index is 742. The fraction of sp³-hybridized carbons (Fsp3) is 0.474. The number of benzene rings is 1. The van der Waals surface area contributed by atoms with Gasteiger partial charge in [-0.25, -0.2) is 9.59 Å². The maximum Gasteiger partial charge on any atom is 0.338 e. The van der Waals surface area contributed by atoms with E-state index >= 15 is 0 Å². The van der Waals surface area contributed by atoms with Crippen molar-refractivity contribution >= 4 is 35.2 Å². The van der Waals surface area contributed by atoms with Crippen molar-refractivity contribution in [1.82, 2.24) is 10.6 Å². The molecule has 1 saturated carbocycles. The van der Waals surface area contributed by atoms with Crippen LogP contribution in [-0.4, -0.2) is 18.6 Å². The molecule has 0 saturated heterocycles. The second-order valence-electron chi connectivity index (χ2n) is 6.84. The number of amides is 2. The van der Waals surface area contributed by atoms with Crippen molar-refractivity contribution in [3.63, 3.8) is 0 Å². The standard InChI is InChI=1S/C19H22Cl2N2O3/c1-11-16(18(24)26-10-12-5-3-2-4-6-12)17(23-19(25)22-11)14-8-7-13(20)9-15(14)21/h7-9,12,17H,2-6,10H2,1H3,(H2,22,23,25)/t17-/m0/s1. The van der Waals surface area contributed by atoms with Crippen LogP contribution in [0.25, 0.3) is 0 Å². The van der Waals surface area contributed by atoms with Crippen molar-refractivity contribution in [2.24, 2.45) is 5.92 Å². The van der Waals surface area contributed by atoms with Crippen LogP contribution >= 0.6 is 23.2 Å². The molecular formula is C19H22Cl2N2O3. The Hall–Kier alpha value is -1.72. The predicted octanol–water partition coefficient (Wildman–Crippen LogP) is 4.74. The summed E-state index contributed by atoms with van der Waals surface area (Å²) < 4.78 is 5.58. The Balaban J connectivity index is 1.81. The molecule has 1 heterocycles. The minimum atomic E-state index is -0.674. The Labute approximate surface area is 163 Å². The van der Waals surface area contributed by atoms with E-state index in [1.165, 1.54) is 19.3 Å². The van der Waals surface area contributed by atoms with Crippen molar-refractivity contribution in [3.05, 3.63) is 45.1 Å². The summed E-state index contributed by atoms with van der Waals surface area (Å²) in [4.78, 5) is 24.7. The normalized spacial score (nSPS) is 21.2. The number of nitrogens with one attached hydrogen (secondary N) is 2. The summed E-state index contributed by atoms with van der Waals surface area (Å²) in [7, 11) is 0. The number of urea groups is 1. The van der Waals surface area contributed by atoms with E-state index in [0.29, 0.717) is 39.4 Å². The molecule has 2 N–H and O–H groups in total. The fourth-order valence-electron chi connectivity index (χ4n) is 3.56. The highest BCUT2D eigenvalue weighted by Gasteiger charge is 2.33. The quantitative estimate of drug-likeness (QED) is 0.721. The number of carbonyl (C=O) groups is 2. The molecule has 1 aromatic carbocycles. The van der Waals surface area contributed by atoms with E-state index in [2.05, 4.69) is 10.6 Å². The molecule has 5 nitrogen and oxygen atoms in total. The first kappa shape index (κ1) is 19.1. The Kier molecular flexibility index (Phi) is 6.09. The van der Waals surface area contributed by atoms with Gasteiger partial charge in [-0.15, -0.1) is 0 Å². The minimum Gasteiger partial charge on any atom is -0.462 e. The first-order valence-corrected chi connectivity index (χ1v) is 9.61. The van der Waals surface area contributed by atoms with Gasteiger partial charge in [0.25, 0.3) is 0 Å². The summed E-state index contributed by atoms with van der Waals surface area (Å²) in [6, 6.07) is 3.92. The summed E-state index contributed by atoms with van der Waals surface area (Å²) in [6.45, 7) is 2.09. The van der Waals surface area contributed by atoms with Crippen molar-refractivity contribution < 1.29 is 14.3 Å². The zero-order valence-corrected chi connectivity index (χ0v) is 16.1. The van der Waals surface area contributed by atoms with Crippen molar-refractivity contribution in [2.45, 2.75) is 45.1 Å². The molecule has 2 aliphatic rings. The van der Waals surface area contributed by atoms with Gasteiger partial charge in [0.1, 0.15) is 0 Å². The first-order chi connectivity index (χ1) is 12.5. The predicted molar refractivity (Wildman–Crippen MR) is 101 cm³/mol. The van der Waals surface area contributed by atoms with Crippen LogP contribution in [0.15, 0.2) is 29.5 Å². The van der Waals surface area contributed by atoms with Gasteiger partial charge in [-0.2, -0.15) is 0 Å². The Morgan fingerprint density at radius 2 is 1.96 bits per heavy atom. The van der Waals surface area contributed by atoms with Crippen LogP contribution in [-0.2, 0) is 9.53 Å². The smallest absolute Gasteiger partial charge is 0.338 e. The highest BCUT2D eigenvalue weighted by molar-refractivity contribution is 6.35. The zero-order valence-electron chi connectivity index (χ0n) is 14.6. The third-order valence-electron chi connectivity index (χ3n) is 4.94. The molecule has 1 atom stereocenters. The second kappa shape index (κ2) is 8.31. The minimum absolute atomic E-state index is 0.365. The number of allylic oxidation sites excluding steroid dienone is 1. The third kappa shape index (κ3) is 4.33. The highest BCUT2D eigenvalue weighted by atomic mass is 35.5. The molecule has 0 aromatic heterocycles. The number of ether oxygens (including phenoxy) is 1. The van der Waals surface area contributed by atoms with Gasteiger partial charge in [-0.05, 0) is 43.4 Å². The van der Waals surface area contributed by atoms with Crippen LogP contribution in [0.2, 0.25) is 10.0 Å². The highest BCUT2D eigenvalue weighted by Crippen LogP contribution is 2.34. The van der Waals surface area contributed by atoms with Gasteiger partial charge in [0.2, 0.25) is 0 Å². The number of carbonyl (C=O) groups excluding carboxylic acids is 2. The molecule has 1 aliphatic heterocycles. The Morgan fingerprint density at radius 3 is 2.65 bits per heavy atom. The van der Waals surface area contributed by atoms with Gasteiger partial charge in [-0.3, -0.25) is 0 Å². The molecule has 0 radical (unpaired) electrons. The SMILES string of the molecule is CC1=C(C(=O)OCC2CCCCC2)[C@H](c2ccc(Cl)cc2Cl)NC(=O)N1. The lowest BCUT2D eigenvalue weighted by Gasteiger charge is -2.29. The summed E-state index contributed by atoms with van der Waals surface area (Å²) in [5, 5.41) is 6.27. The molecule has 1 fully saturated rings. The molecule has 3 rings (SSSR count). The molecule has 0 unspecified atom stereocenters. The third-order valence-corrected chi connectivity index (χ3v) is 5.50. The molecule has 140 valence electrons. The van der Waals surface area contributed by atoms with E-state index in [1.54, 1.807) is 25.1 Å². The molecule has 7 heteroatoms. The lowest BCUT2D eigenvalue weighted by Crippen LogP contribution is -2.45. The molecule has 26 heavy (non-hydrogen) atoms. The fourth-order valence-corrected chi connectivity index (χ4v) is 4.08. The number of halogens is 2. The monoisotopic (exact) mass is 396 g/mol. The molecular weight excluding hydrogens is 375 g/mol. The van der Waals surface area contributed by atoms with Crippen molar-refractivity contribution in [3.8, 4) is 0 Å². The van der Waals surface area contributed by atoms with Crippen LogP contribution < -0.4 is 10.6 Å². The van der Waals surface area contributed by atoms with E-state index in [0.717, 1.165) is 12.8 Å². The van der Waals surface area contributed by atoms with Gasteiger partial charge in [-0.1, -0.05) is 48.5 Å². The van der Waals surface area contributed by atoms with E-state index in [1.807, 2.05) is 0 Å². The molecule has 0 spiro atoms. The summed E-state index contributed by atoms with van der Waals surface area (Å²) >= 11 is 12.3. The molecule has 0 bridgehead atoms. The molecule has 1 aromatic rings. The van der Waals surface area contributed by atoms with Crippen molar-refractivity contribution in [2.75, 3.05) is 6.61 Å². The van der Waals surface area contributed by atoms with Gasteiger partial charge in [0, 0.05) is 15.7 Å². The van der Waals surface area contributed by atoms with E-state index < -0.39 is 12.0 Å². The number of hydrogen-bond acceptors (Lipinski definition) is 3. The van der Waals surface area contributed by atoms with Crippen LogP contribution in [0, 0.1) is 5.92 Å². The van der Waals surface area contributed by atoms with E-state index in [9.17, 15) is 9.59 Å². The topological polar surface area (TPSA) is 67.4 Å². The van der Waals surface area contributed by atoms with Crippen LogP contribution in [0.5, 0.6) is 0 Å². The van der Waals surface area contributed by atoms with Crippen LogP contribution in [0.1, 0.15) is 50.6 Å². The van der Waals surface area contributed by atoms with E-state index in [4.69, 9.17) is 27.9 Å². The molecule has 2 amide bonds. The van der Waals surface area contributed by atoms with Crippen LogP contribution in [0.3, 0.4) is 0 Å². The zero-order chi connectivity index (χ0) is 18.7. The number of hydrogen-bond donors (Lipinski definition) is 2. The summed E-state index contributed by atoms with van der Waals surface area (Å²) in [6.07, 6.45) is 5.80. The maximum atomic E-state index is 12.8. The van der Waals surface area contributed by atoms with Crippen LogP contribution in [0.4, 0.5) is 4.79 Å². The maximum absolute atomic E-state index is 12.8. The molecule has 1 aliphatic carbocycles. The average molecular weight is 397 g/mol. The lowest BCUT2D eigenvalue weighted by molar-refractivity contribution is -0.141. The van der Waals surface area contributed by atoms with Gasteiger partial charge in [0.15, 0.2) is 0 Å². The number of rotatable bonds is 4. The summed E-state index contributed by atoms with van der Waals surface area (Å²) in [5.74, 6) is -0.0195. The Morgan fingerprint density at radius 1 is 1.23 bits per heavy atom. The van der Waals surface area contributed by atoms with Gasteiger partial charge >= 0.3 is 12.0 Å². The van der Waals surface area contributed by atoms with Gasteiger partial charge < -0.3 is 15.4 Å². The van der Waals surface area contributed by atoms with Crippen molar-refractivity contribution in [1.29, 1.82) is 0 Å². The lowest BCUT2D eigenvalue weighted by atomic mass is 9.90. The first-order valence-electron chi connectivity index (χ1n) is 8.86. The second-order valence-corrected chi connectivity index (χ2v) is 7.68. The largest absolute Gasteiger partial charge is 0.462 e. The van der Waals surface area contributed by atoms with Gasteiger partial charge in [0.05, 0.1) is 18.2 Å². The number of esters is 1. The van der Waals surface area contributed by atoms with E-state index in [-0.39, 0.29) is 6.03 Å². The average Bonchev–Trinajstić information content (AvgIpc) is 2.60. The summed E-state index contributed by atoms with van der Waals surface area (Å²) in [5.41, 5.74) is 1.44.